The van der Waals surface area contributed by atoms with Crippen molar-refractivity contribution < 1.29 is 0 Å². The second-order valence-electron chi connectivity index (χ2n) is 39.6. The zero-order valence-corrected chi connectivity index (χ0v) is 78.1. The predicted molar refractivity (Wildman–Crippen MR) is 597 cm³/mol. The highest BCUT2D eigenvalue weighted by Crippen LogP contribution is 2.70. The van der Waals surface area contributed by atoms with Gasteiger partial charge in [0.05, 0.1) is 80.5 Å². The molecule has 2 aliphatic heterocycles. The summed E-state index contributed by atoms with van der Waals surface area (Å²) in [7, 11) is 0. The summed E-state index contributed by atoms with van der Waals surface area (Å²) in [6.45, 7) is 28.2. The van der Waals surface area contributed by atoms with E-state index < -0.39 is 10.8 Å². The maximum atomic E-state index is 10.1. The predicted octanol–water partition coefficient (Wildman–Crippen LogP) is 37.4. The second kappa shape index (κ2) is 36.1. The molecule has 2 heterocycles. The number of nitrogens with zero attached hydrogens (tertiary/aromatic N) is 8. The standard InChI is InChI=1S/C73H57N5.C56H41N3.4CH4/c1-71(2,3)49-31-39-54(40-32-49)76(53-37-29-48(47-74)30-38-53)67-45-63-69(59-23-13-11-21-57(59)67)70-60-24-14-12-22-58(60)68(77(56-43-35-51(75-7)36-44-56)55-41-33-50(34-42-55)72(4,5)6)46-64(70)73(63)61-25-15-17-27-65(61)78(52-19-9-8-10-20-52)66-28-18-16-26-62(66)73;1-55(2,3)39-28-32-42(33-29-39)58(41-30-25-37(36-57)26-31-41)52-35-49-54(45-20-10-9-19-44(45)52)53-43-18-8-7-15-38(43)27-34-48(53)56(49)46-21-11-13-23-50(46)59(40-16-5-4-6-17-40)51-24-14-12-22-47(51)56;;;;/h8-46H,1-6H3;4-35H,1-3H3;4*1H4. The summed E-state index contributed by atoms with van der Waals surface area (Å²) in [5.74, 6) is 0. The summed E-state index contributed by atoms with van der Waals surface area (Å²) in [5.41, 5.74) is 34.7. The zero-order valence-electron chi connectivity index (χ0n) is 78.1. The van der Waals surface area contributed by atoms with E-state index >= 15 is 0 Å². The summed E-state index contributed by atoms with van der Waals surface area (Å²) in [6.07, 6.45) is 0. The molecule has 0 atom stereocenters. The smallest absolute Gasteiger partial charge is 0.187 e. The number of nitriles is 2. The highest BCUT2D eigenvalue weighted by atomic mass is 15.2. The minimum Gasteiger partial charge on any atom is -0.310 e. The molecule has 20 aromatic rings. The van der Waals surface area contributed by atoms with Gasteiger partial charge in [0.25, 0.3) is 0 Å². The molecule has 141 heavy (non-hydrogen) atoms. The Morgan fingerprint density at radius 2 is 0.496 bits per heavy atom. The van der Waals surface area contributed by atoms with Crippen LogP contribution in [0, 0.1) is 29.2 Å². The topological polar surface area (TPSA) is 68.1 Å². The van der Waals surface area contributed by atoms with Crippen molar-refractivity contribution in [3.63, 3.8) is 0 Å². The number of benzene rings is 20. The molecule has 0 saturated carbocycles. The van der Waals surface area contributed by atoms with Gasteiger partial charge >= 0.3 is 0 Å². The Hall–Kier alpha value is -17.1. The number of para-hydroxylation sites is 6. The Morgan fingerprint density at radius 3 is 0.794 bits per heavy atom. The summed E-state index contributed by atoms with van der Waals surface area (Å²) in [6, 6.07) is 161. The molecule has 0 amide bonds. The Bertz CT molecular complexity index is 8040. The fourth-order valence-corrected chi connectivity index (χ4v) is 22.5. The molecule has 8 nitrogen and oxygen atoms in total. The fraction of sp³-hybridized carbons (Fsp3) is 0.135. The van der Waals surface area contributed by atoms with E-state index in [0.717, 1.165) is 101 Å². The summed E-state index contributed by atoms with van der Waals surface area (Å²) in [5, 5.41) is 29.3. The molecule has 0 unspecified atom stereocenters. The van der Waals surface area contributed by atoms with Crippen LogP contribution in [0.3, 0.4) is 0 Å². The van der Waals surface area contributed by atoms with Gasteiger partial charge in [-0.15, -0.1) is 0 Å². The zero-order chi connectivity index (χ0) is 93.4. The Morgan fingerprint density at radius 1 is 0.248 bits per heavy atom. The van der Waals surface area contributed by atoms with E-state index in [1.54, 1.807) is 0 Å². The van der Waals surface area contributed by atoms with Crippen LogP contribution in [0.5, 0.6) is 0 Å². The number of hydrogen-bond donors (Lipinski definition) is 0. The van der Waals surface area contributed by atoms with Gasteiger partial charge in [0, 0.05) is 61.7 Å². The molecule has 0 aromatic heterocycles. The van der Waals surface area contributed by atoms with Gasteiger partial charge in [0.1, 0.15) is 0 Å². The first kappa shape index (κ1) is 93.0. The maximum absolute atomic E-state index is 10.1. The molecule has 8 heteroatoms. The van der Waals surface area contributed by atoms with Gasteiger partial charge < -0.3 is 24.5 Å². The minimum atomic E-state index is -0.872. The summed E-state index contributed by atoms with van der Waals surface area (Å²) < 4.78 is 0. The van der Waals surface area contributed by atoms with Crippen molar-refractivity contribution in [3.05, 3.63) is 514 Å². The Balaban J connectivity index is 0.000000180. The van der Waals surface area contributed by atoms with Crippen molar-refractivity contribution in [1.82, 2.24) is 0 Å². The van der Waals surface area contributed by atoms with Crippen molar-refractivity contribution in [2.24, 2.45) is 0 Å². The average Bonchev–Trinajstić information content (AvgIpc) is 1.51. The molecule has 0 radical (unpaired) electrons. The lowest BCUT2D eigenvalue weighted by Crippen LogP contribution is -2.36. The van der Waals surface area contributed by atoms with Crippen molar-refractivity contribution in [3.8, 4) is 34.4 Å². The third kappa shape index (κ3) is 14.8. The molecule has 686 valence electrons. The van der Waals surface area contributed by atoms with Crippen LogP contribution >= 0.6 is 0 Å². The lowest BCUT2D eigenvalue weighted by molar-refractivity contribution is 0.590. The van der Waals surface area contributed by atoms with E-state index in [2.05, 4.69) is 498 Å². The molecule has 24 rings (SSSR count). The quantitative estimate of drug-likeness (QED) is 0.120. The normalized spacial score (nSPS) is 12.8. The van der Waals surface area contributed by atoms with Gasteiger partial charge in [0.2, 0.25) is 0 Å². The van der Waals surface area contributed by atoms with Crippen molar-refractivity contribution >= 4 is 134 Å². The van der Waals surface area contributed by atoms with Crippen LogP contribution in [0.4, 0.5) is 91.0 Å². The van der Waals surface area contributed by atoms with Crippen LogP contribution in [0.25, 0.3) is 70.2 Å². The lowest BCUT2D eigenvalue weighted by Gasteiger charge is -2.45. The molecule has 2 aliphatic carbocycles. The van der Waals surface area contributed by atoms with Gasteiger partial charge in [0.15, 0.2) is 5.69 Å². The van der Waals surface area contributed by atoms with Crippen LogP contribution in [-0.2, 0) is 27.1 Å². The minimum absolute atomic E-state index is 0. The van der Waals surface area contributed by atoms with Crippen molar-refractivity contribution in [2.75, 3.05) is 24.5 Å². The summed E-state index contributed by atoms with van der Waals surface area (Å²) in [4.78, 5) is 15.9. The number of rotatable bonds is 11. The highest BCUT2D eigenvalue weighted by molar-refractivity contribution is 6.21. The van der Waals surface area contributed by atoms with E-state index in [1.165, 1.54) is 111 Å². The van der Waals surface area contributed by atoms with Crippen LogP contribution in [-0.4, -0.2) is 0 Å². The fourth-order valence-electron chi connectivity index (χ4n) is 22.5. The molecule has 4 aliphatic rings. The highest BCUT2D eigenvalue weighted by Gasteiger charge is 2.56. The van der Waals surface area contributed by atoms with E-state index in [9.17, 15) is 10.5 Å². The SMILES string of the molecule is C.C.C.C.CC(C)(C)c1ccc(N(c2ccc(C#N)cc2)c2cc3c(c4ccccc24)-c2c(ccc4ccccc24)C32c3ccccc3N(c3ccccc3)c3ccccc32)cc1.[C-]#[N+]c1ccc(N(c2ccc(C(C)(C)C)cc2)c2cc3c(c4ccccc24)-c2c(cc(N(c4ccc(C#N)cc4)c4ccc(C(C)(C)C)cc4)c4ccccc24)C32c3ccccc3N(c3ccccc3)c3ccccc32)cc1. The Kier molecular flexibility index (Phi) is 23.8. The monoisotopic (exact) mass is 1820 g/mol. The third-order valence-electron chi connectivity index (χ3n) is 28.8. The molecule has 0 bridgehead atoms. The molecule has 0 fully saturated rings. The molecule has 2 spiro atoms. The largest absolute Gasteiger partial charge is 0.310 e. The molecular formula is C133H114N8. The van der Waals surface area contributed by atoms with Gasteiger partial charge in [-0.1, -0.05) is 359 Å². The van der Waals surface area contributed by atoms with E-state index in [-0.39, 0.29) is 46.0 Å². The van der Waals surface area contributed by atoms with Gasteiger partial charge in [-0.25, -0.2) is 4.85 Å². The van der Waals surface area contributed by atoms with Crippen LogP contribution < -0.4 is 24.5 Å². The van der Waals surface area contributed by atoms with E-state index in [0.29, 0.717) is 16.8 Å². The van der Waals surface area contributed by atoms with Crippen molar-refractivity contribution in [2.45, 2.75) is 119 Å². The number of anilines is 15. The summed E-state index contributed by atoms with van der Waals surface area (Å²) >= 11 is 0. The molecule has 20 aromatic carbocycles. The first-order valence-electron chi connectivity index (χ1n) is 47.3. The van der Waals surface area contributed by atoms with E-state index in [4.69, 9.17) is 6.57 Å². The van der Waals surface area contributed by atoms with Crippen LogP contribution in [0.2, 0.25) is 0 Å². The van der Waals surface area contributed by atoms with E-state index in [1.807, 2.05) is 36.4 Å². The first-order valence-corrected chi connectivity index (χ1v) is 47.3. The van der Waals surface area contributed by atoms with Crippen LogP contribution in [0.1, 0.15) is 164 Å². The third-order valence-corrected chi connectivity index (χ3v) is 28.8. The van der Waals surface area contributed by atoms with Gasteiger partial charge in [-0.3, -0.25) is 0 Å². The van der Waals surface area contributed by atoms with Crippen LogP contribution in [0.15, 0.2) is 431 Å². The maximum Gasteiger partial charge on any atom is 0.187 e. The molecular weight excluding hydrogens is 1710 g/mol. The lowest BCUT2D eigenvalue weighted by atomic mass is 9.64. The number of hydrogen-bond acceptors (Lipinski definition) is 7. The van der Waals surface area contributed by atoms with Crippen molar-refractivity contribution in [1.29, 1.82) is 10.5 Å². The number of fused-ring (bicyclic) bond motifs is 26. The molecule has 0 saturated heterocycles. The Labute approximate surface area is 831 Å². The molecule has 0 N–H and O–H groups in total. The van der Waals surface area contributed by atoms with Gasteiger partial charge in [-0.05, 0) is 290 Å². The first-order chi connectivity index (χ1) is 66.8. The van der Waals surface area contributed by atoms with Gasteiger partial charge in [-0.2, -0.15) is 10.5 Å². The second-order valence-corrected chi connectivity index (χ2v) is 39.6. The average molecular weight is 1820 g/mol.